The number of likely N-dealkylation sites (tertiary alicyclic amines) is 1. The van der Waals surface area contributed by atoms with Gasteiger partial charge in [-0.3, -0.25) is 14.5 Å². The quantitative estimate of drug-likeness (QED) is 0.200. The fourth-order valence-corrected chi connectivity index (χ4v) is 7.33. The minimum absolute atomic E-state index is 0.00536. The standard InChI is InChI=1S/C34H38F2N4O5S/c1-21-2-8-29(46-21)33(44)40-16-17-45-34(20-40)11-14-39(15-12-34)19-22-3-6-26(35)25(31(22)36)10-13-37-18-28(42)23-4-7-27(41)32-24(23)5-9-30(43)38-32/h2-9,28,37,41-42H,10-20H2,1H3,(H,38,43). The van der Waals surface area contributed by atoms with Crippen LogP contribution in [0.15, 0.2) is 53.3 Å². The van der Waals surface area contributed by atoms with Crippen molar-refractivity contribution in [1.82, 2.24) is 20.1 Å². The molecule has 244 valence electrons. The monoisotopic (exact) mass is 652 g/mol. The van der Waals surface area contributed by atoms with Crippen molar-refractivity contribution in [2.75, 3.05) is 45.9 Å². The van der Waals surface area contributed by atoms with Gasteiger partial charge in [0.1, 0.15) is 17.4 Å². The van der Waals surface area contributed by atoms with Crippen molar-refractivity contribution < 1.29 is 28.5 Å². The third kappa shape index (κ3) is 6.86. The van der Waals surface area contributed by atoms with Crippen molar-refractivity contribution in [1.29, 1.82) is 0 Å². The Hall–Kier alpha value is -3.68. The number of fused-ring (bicyclic) bond motifs is 1. The molecule has 2 aliphatic rings. The van der Waals surface area contributed by atoms with E-state index in [0.29, 0.717) is 68.7 Å². The van der Waals surface area contributed by atoms with Gasteiger partial charge in [0, 0.05) is 60.2 Å². The van der Waals surface area contributed by atoms with Crippen molar-refractivity contribution in [3.8, 4) is 5.75 Å². The molecule has 1 spiro atoms. The van der Waals surface area contributed by atoms with Gasteiger partial charge in [-0.05, 0) is 68.6 Å². The molecule has 0 radical (unpaired) electrons. The first-order valence-electron chi connectivity index (χ1n) is 15.5. The Morgan fingerprint density at radius 3 is 2.67 bits per heavy atom. The number of aryl methyl sites for hydroxylation is 1. The van der Waals surface area contributed by atoms with Crippen LogP contribution in [0.2, 0.25) is 0 Å². The lowest BCUT2D eigenvalue weighted by Crippen LogP contribution is -2.57. The second kappa shape index (κ2) is 13.6. The van der Waals surface area contributed by atoms with Crippen LogP contribution in [0.4, 0.5) is 8.78 Å². The lowest BCUT2D eigenvalue weighted by Gasteiger charge is -2.47. The molecule has 0 aliphatic carbocycles. The highest BCUT2D eigenvalue weighted by Gasteiger charge is 2.41. The average molecular weight is 653 g/mol. The summed E-state index contributed by atoms with van der Waals surface area (Å²) in [5.41, 5.74) is 0.380. The van der Waals surface area contributed by atoms with E-state index in [1.807, 2.05) is 24.0 Å². The summed E-state index contributed by atoms with van der Waals surface area (Å²) < 4.78 is 36.5. The number of carbonyl (C=O) groups is 1. The lowest BCUT2D eigenvalue weighted by atomic mass is 9.89. The number of aromatic hydroxyl groups is 1. The third-order valence-electron chi connectivity index (χ3n) is 9.07. The molecule has 4 N–H and O–H groups in total. The number of phenolic OH excluding ortho intramolecular Hbond substituents is 1. The van der Waals surface area contributed by atoms with Crippen molar-refractivity contribution >= 4 is 28.1 Å². The van der Waals surface area contributed by atoms with E-state index in [9.17, 15) is 24.2 Å². The van der Waals surface area contributed by atoms with Gasteiger partial charge in [-0.15, -0.1) is 11.3 Å². The van der Waals surface area contributed by atoms with E-state index in [1.165, 1.54) is 41.7 Å². The number of hydrogen-bond donors (Lipinski definition) is 4. The van der Waals surface area contributed by atoms with Crippen molar-refractivity contribution in [3.05, 3.63) is 97.0 Å². The molecule has 6 rings (SSSR count). The minimum Gasteiger partial charge on any atom is -0.506 e. The highest BCUT2D eigenvalue weighted by molar-refractivity contribution is 7.13. The van der Waals surface area contributed by atoms with Crippen molar-refractivity contribution in [2.45, 2.75) is 44.4 Å². The third-order valence-corrected chi connectivity index (χ3v) is 10.1. The number of aliphatic hydroxyl groups is 1. The van der Waals surface area contributed by atoms with Crippen LogP contribution < -0.4 is 10.9 Å². The number of aliphatic hydroxyl groups excluding tert-OH is 1. The Morgan fingerprint density at radius 1 is 1.11 bits per heavy atom. The van der Waals surface area contributed by atoms with Crippen LogP contribution in [0.3, 0.4) is 0 Å². The molecule has 46 heavy (non-hydrogen) atoms. The summed E-state index contributed by atoms with van der Waals surface area (Å²) in [4.78, 5) is 33.2. The molecule has 2 aromatic heterocycles. The molecule has 12 heteroatoms. The summed E-state index contributed by atoms with van der Waals surface area (Å²) in [5, 5.41) is 24.4. The number of hydrogen-bond acceptors (Lipinski definition) is 8. The number of benzene rings is 2. The second-order valence-corrected chi connectivity index (χ2v) is 13.5. The topological polar surface area (TPSA) is 118 Å². The number of nitrogens with one attached hydrogen (secondary N) is 2. The number of carbonyl (C=O) groups excluding carboxylic acids is 1. The first-order chi connectivity index (χ1) is 22.1. The summed E-state index contributed by atoms with van der Waals surface area (Å²) in [6.07, 6.45) is 0.547. The number of amides is 1. The zero-order chi connectivity index (χ0) is 32.4. The molecule has 2 fully saturated rings. The first-order valence-corrected chi connectivity index (χ1v) is 16.4. The van der Waals surface area contributed by atoms with Gasteiger partial charge in [-0.25, -0.2) is 8.78 Å². The van der Waals surface area contributed by atoms with E-state index in [4.69, 9.17) is 4.74 Å². The molecular formula is C34H38F2N4O5S. The smallest absolute Gasteiger partial charge is 0.264 e. The molecule has 4 heterocycles. The minimum atomic E-state index is -0.976. The van der Waals surface area contributed by atoms with E-state index < -0.39 is 23.3 Å². The number of aromatic nitrogens is 1. The van der Waals surface area contributed by atoms with Crippen LogP contribution >= 0.6 is 11.3 Å². The van der Waals surface area contributed by atoms with Crippen molar-refractivity contribution in [3.63, 3.8) is 0 Å². The van der Waals surface area contributed by atoms with Crippen LogP contribution in [0.25, 0.3) is 10.9 Å². The van der Waals surface area contributed by atoms with Gasteiger partial charge in [0.2, 0.25) is 5.56 Å². The average Bonchev–Trinajstić information content (AvgIpc) is 3.49. The molecule has 1 unspecified atom stereocenters. The highest BCUT2D eigenvalue weighted by atomic mass is 32.1. The number of nitrogens with zero attached hydrogens (tertiary/aromatic N) is 2. The number of piperidine rings is 1. The van der Waals surface area contributed by atoms with Gasteiger partial charge in [0.15, 0.2) is 0 Å². The molecule has 2 aliphatic heterocycles. The summed E-state index contributed by atoms with van der Waals surface area (Å²) in [6, 6.07) is 12.5. The molecule has 1 amide bonds. The molecule has 2 saturated heterocycles. The van der Waals surface area contributed by atoms with Crippen LogP contribution in [-0.4, -0.2) is 82.4 Å². The van der Waals surface area contributed by atoms with Gasteiger partial charge in [0.05, 0.1) is 35.3 Å². The molecule has 4 aromatic rings. The zero-order valence-electron chi connectivity index (χ0n) is 25.7. The fourth-order valence-electron chi connectivity index (χ4n) is 6.49. The number of H-pyrrole nitrogens is 1. The Morgan fingerprint density at radius 2 is 1.91 bits per heavy atom. The Labute approximate surface area is 269 Å². The van der Waals surface area contributed by atoms with E-state index in [-0.39, 0.29) is 47.8 Å². The molecular weight excluding hydrogens is 614 g/mol. The SMILES string of the molecule is Cc1ccc(C(=O)N2CCOC3(CCN(Cc4ccc(F)c(CCNCC(O)c5ccc(O)c6[nH]c(=O)ccc56)c4F)CC3)C2)s1. The number of halogens is 2. The van der Waals surface area contributed by atoms with Gasteiger partial charge in [0.25, 0.3) is 5.91 Å². The van der Waals surface area contributed by atoms with Crippen LogP contribution in [0.1, 0.15) is 50.2 Å². The second-order valence-electron chi connectivity index (χ2n) is 12.2. The zero-order valence-corrected chi connectivity index (χ0v) is 26.5. The predicted molar refractivity (Wildman–Crippen MR) is 172 cm³/mol. The number of pyridine rings is 1. The number of thiophene rings is 1. The number of morpholine rings is 1. The number of aromatic amines is 1. The summed E-state index contributed by atoms with van der Waals surface area (Å²) in [5.74, 6) is -1.24. The van der Waals surface area contributed by atoms with Gasteiger partial charge >= 0.3 is 0 Å². The van der Waals surface area contributed by atoms with E-state index in [0.717, 1.165) is 9.75 Å². The van der Waals surface area contributed by atoms with E-state index in [1.54, 1.807) is 6.07 Å². The van der Waals surface area contributed by atoms with Crippen LogP contribution in [-0.2, 0) is 17.7 Å². The van der Waals surface area contributed by atoms with Gasteiger partial charge < -0.3 is 30.2 Å². The Bertz CT molecular complexity index is 1790. The maximum atomic E-state index is 15.6. The maximum absolute atomic E-state index is 15.6. The summed E-state index contributed by atoms with van der Waals surface area (Å²) in [7, 11) is 0. The van der Waals surface area contributed by atoms with Gasteiger partial charge in [-0.2, -0.15) is 0 Å². The van der Waals surface area contributed by atoms with E-state index >= 15 is 4.39 Å². The number of ether oxygens (including phenoxy) is 1. The molecule has 0 bridgehead atoms. The molecule has 2 aromatic carbocycles. The molecule has 0 saturated carbocycles. The van der Waals surface area contributed by atoms with Crippen LogP contribution in [0, 0.1) is 18.6 Å². The summed E-state index contributed by atoms with van der Waals surface area (Å²) in [6.45, 7) is 5.60. The Balaban J connectivity index is 1.02. The van der Waals surface area contributed by atoms with Gasteiger partial charge in [-0.1, -0.05) is 12.1 Å². The highest BCUT2D eigenvalue weighted by Crippen LogP contribution is 2.33. The fraction of sp³-hybridized carbons (Fsp3) is 0.412. The summed E-state index contributed by atoms with van der Waals surface area (Å²) >= 11 is 1.50. The molecule has 1 atom stereocenters. The first kappa shape index (κ1) is 32.3. The Kier molecular flexibility index (Phi) is 9.53. The van der Waals surface area contributed by atoms with Crippen molar-refractivity contribution in [2.24, 2.45) is 0 Å². The normalized spacial score (nSPS) is 17.5. The van der Waals surface area contributed by atoms with E-state index in [2.05, 4.69) is 15.2 Å². The van der Waals surface area contributed by atoms with Crippen LogP contribution in [0.5, 0.6) is 5.75 Å². The largest absolute Gasteiger partial charge is 0.506 e. The molecule has 9 nitrogen and oxygen atoms in total. The lowest BCUT2D eigenvalue weighted by molar-refractivity contribution is -0.127. The number of phenols is 1. The number of rotatable bonds is 9. The maximum Gasteiger partial charge on any atom is 0.264 e. The predicted octanol–water partition coefficient (Wildman–Crippen LogP) is 4.25.